The van der Waals surface area contributed by atoms with E-state index in [9.17, 15) is 29.1 Å². The minimum absolute atomic E-state index is 0.0224. The predicted octanol–water partition coefficient (Wildman–Crippen LogP) is 1.63. The molecule has 12 nitrogen and oxygen atoms in total. The first-order valence-corrected chi connectivity index (χ1v) is 14.8. The van der Waals surface area contributed by atoms with Gasteiger partial charge in [0.25, 0.3) is 11.8 Å². The number of fused-ring (bicyclic) bond motifs is 1. The lowest BCUT2D eigenvalue weighted by Gasteiger charge is -2.32. The molecule has 2 aromatic carbocycles. The number of hydrogen-bond acceptors (Lipinski definition) is 8. The third-order valence-electron chi connectivity index (χ3n) is 7.33. The number of pyridine rings is 1. The van der Waals surface area contributed by atoms with E-state index in [1.54, 1.807) is 69.3 Å². The number of aliphatic hydroxyl groups excluding tert-OH is 1. The Hall–Kier alpha value is -4.84. The summed E-state index contributed by atoms with van der Waals surface area (Å²) in [6.45, 7) is 5.40. The summed E-state index contributed by atoms with van der Waals surface area (Å²) in [5.41, 5.74) is 5.94. The number of hydrogen-bond donors (Lipinski definition) is 4. The molecule has 0 aliphatic carbocycles. The van der Waals surface area contributed by atoms with E-state index in [2.05, 4.69) is 15.6 Å². The van der Waals surface area contributed by atoms with Gasteiger partial charge in [0, 0.05) is 11.9 Å². The van der Waals surface area contributed by atoms with Crippen LogP contribution in [-0.4, -0.2) is 81.0 Å². The molecule has 2 unspecified atom stereocenters. The molecule has 2 heterocycles. The number of carbonyl (C=O) groups excluding carboxylic acids is 5. The van der Waals surface area contributed by atoms with E-state index in [0.29, 0.717) is 23.9 Å². The van der Waals surface area contributed by atoms with Crippen LogP contribution >= 0.6 is 0 Å². The molecule has 1 fully saturated rings. The molecule has 3 aromatic rings. The number of ether oxygens (including phenoxy) is 1. The number of para-hydroxylation sites is 1. The van der Waals surface area contributed by atoms with Crippen LogP contribution in [0.15, 0.2) is 66.7 Å². The smallest absolute Gasteiger partial charge is 0.329 e. The van der Waals surface area contributed by atoms with Gasteiger partial charge in [-0.15, -0.1) is 0 Å². The van der Waals surface area contributed by atoms with E-state index in [-0.39, 0.29) is 18.7 Å². The van der Waals surface area contributed by atoms with Gasteiger partial charge in [0.15, 0.2) is 6.10 Å². The van der Waals surface area contributed by atoms with Crippen LogP contribution in [0.2, 0.25) is 0 Å². The maximum Gasteiger partial charge on any atom is 0.329 e. The van der Waals surface area contributed by atoms with Crippen molar-refractivity contribution in [3.8, 4) is 0 Å². The molecule has 1 aromatic heterocycles. The number of nitrogens with two attached hydrogens (primary N) is 1. The number of benzene rings is 2. The molecule has 0 radical (unpaired) electrons. The Kier molecular flexibility index (Phi) is 10.5. The number of aliphatic hydroxyl groups is 1. The highest BCUT2D eigenvalue weighted by atomic mass is 16.6. The molecule has 45 heavy (non-hydrogen) atoms. The Morgan fingerprint density at radius 2 is 1.69 bits per heavy atom. The molecule has 1 aliphatic heterocycles. The number of nitrogens with zero attached hydrogens (tertiary/aromatic N) is 2. The first-order chi connectivity index (χ1) is 21.3. The molecular formula is C33H39N5O7. The van der Waals surface area contributed by atoms with Crippen LogP contribution in [0, 0.1) is 0 Å². The molecule has 0 spiro atoms. The molecule has 238 valence electrons. The van der Waals surface area contributed by atoms with Crippen molar-refractivity contribution >= 4 is 40.5 Å². The average molecular weight is 618 g/mol. The number of amides is 4. The Morgan fingerprint density at radius 1 is 1.00 bits per heavy atom. The van der Waals surface area contributed by atoms with E-state index in [1.807, 2.05) is 12.1 Å². The first-order valence-electron chi connectivity index (χ1n) is 14.8. The van der Waals surface area contributed by atoms with Crippen molar-refractivity contribution in [3.05, 3.63) is 78.0 Å². The van der Waals surface area contributed by atoms with E-state index in [0.717, 1.165) is 5.39 Å². The number of carbonyl (C=O) groups is 5. The monoisotopic (exact) mass is 617 g/mol. The van der Waals surface area contributed by atoms with Crippen LogP contribution in [0.25, 0.3) is 10.9 Å². The summed E-state index contributed by atoms with van der Waals surface area (Å²) in [7, 11) is 0. The molecule has 4 amide bonds. The predicted molar refractivity (Wildman–Crippen MR) is 165 cm³/mol. The van der Waals surface area contributed by atoms with Gasteiger partial charge >= 0.3 is 5.97 Å². The third-order valence-corrected chi connectivity index (χ3v) is 7.33. The van der Waals surface area contributed by atoms with Crippen molar-refractivity contribution in [3.63, 3.8) is 0 Å². The van der Waals surface area contributed by atoms with Crippen LogP contribution in [0.5, 0.6) is 0 Å². The quantitative estimate of drug-likeness (QED) is 0.234. The molecule has 5 N–H and O–H groups in total. The second-order valence-corrected chi connectivity index (χ2v) is 12.1. The fourth-order valence-corrected chi connectivity index (χ4v) is 5.22. The highest BCUT2D eigenvalue weighted by molar-refractivity contribution is 5.99. The molecule has 12 heteroatoms. The number of primary amides is 1. The second kappa shape index (κ2) is 14.3. The van der Waals surface area contributed by atoms with Crippen LogP contribution in [-0.2, 0) is 30.3 Å². The summed E-state index contributed by atoms with van der Waals surface area (Å²) in [5.74, 6) is -3.72. The Bertz CT molecular complexity index is 1560. The van der Waals surface area contributed by atoms with Gasteiger partial charge in [0.1, 0.15) is 23.4 Å². The minimum atomic E-state index is -1.76. The van der Waals surface area contributed by atoms with Gasteiger partial charge in [-0.25, -0.2) is 9.78 Å². The largest absolute Gasteiger partial charge is 0.458 e. The third kappa shape index (κ3) is 8.85. The zero-order valence-electron chi connectivity index (χ0n) is 25.6. The topological polar surface area (TPSA) is 181 Å². The molecule has 4 rings (SSSR count). The SMILES string of the molecule is CC(C)(C)OC(=O)[C@@H]1CCCN1C(=O)C(O)C(Cc1ccccc1)NC(=O)[C@H](CC(N)=O)NC(=O)c1ccc2ccccc2n1. The minimum Gasteiger partial charge on any atom is -0.458 e. The van der Waals surface area contributed by atoms with Gasteiger partial charge in [-0.2, -0.15) is 0 Å². The maximum atomic E-state index is 13.6. The van der Waals surface area contributed by atoms with Crippen molar-refractivity contribution in [1.82, 2.24) is 20.5 Å². The van der Waals surface area contributed by atoms with Gasteiger partial charge < -0.3 is 31.1 Å². The van der Waals surface area contributed by atoms with Gasteiger partial charge in [0.2, 0.25) is 11.8 Å². The molecule has 0 bridgehead atoms. The molecular weight excluding hydrogens is 578 g/mol. The Balaban J connectivity index is 1.55. The Morgan fingerprint density at radius 3 is 2.38 bits per heavy atom. The van der Waals surface area contributed by atoms with Crippen LogP contribution < -0.4 is 16.4 Å². The van der Waals surface area contributed by atoms with E-state index in [4.69, 9.17) is 10.5 Å². The molecule has 4 atom stereocenters. The molecule has 0 saturated carbocycles. The van der Waals surface area contributed by atoms with Gasteiger partial charge in [-0.3, -0.25) is 19.2 Å². The molecule has 1 aliphatic rings. The fourth-order valence-electron chi connectivity index (χ4n) is 5.22. The maximum absolute atomic E-state index is 13.6. The summed E-state index contributed by atoms with van der Waals surface area (Å²) in [6, 6.07) is 15.8. The number of esters is 1. The van der Waals surface area contributed by atoms with Crippen molar-refractivity contribution in [2.75, 3.05) is 6.54 Å². The zero-order chi connectivity index (χ0) is 32.7. The lowest BCUT2D eigenvalue weighted by atomic mass is 9.99. The van der Waals surface area contributed by atoms with Gasteiger partial charge in [-0.05, 0) is 57.7 Å². The summed E-state index contributed by atoms with van der Waals surface area (Å²) >= 11 is 0. The second-order valence-electron chi connectivity index (χ2n) is 12.1. The highest BCUT2D eigenvalue weighted by Crippen LogP contribution is 2.23. The van der Waals surface area contributed by atoms with Crippen molar-refractivity contribution in [2.24, 2.45) is 5.73 Å². The van der Waals surface area contributed by atoms with Crippen LogP contribution in [0.4, 0.5) is 0 Å². The summed E-state index contributed by atoms with van der Waals surface area (Å²) in [4.78, 5) is 70.7. The number of nitrogens with one attached hydrogen (secondary N) is 2. The van der Waals surface area contributed by atoms with E-state index < -0.39 is 65.8 Å². The summed E-state index contributed by atoms with van der Waals surface area (Å²) < 4.78 is 5.49. The van der Waals surface area contributed by atoms with Crippen LogP contribution in [0.3, 0.4) is 0 Å². The highest BCUT2D eigenvalue weighted by Gasteiger charge is 2.41. The first kappa shape index (κ1) is 33.1. The number of rotatable bonds is 11. The zero-order valence-corrected chi connectivity index (χ0v) is 25.6. The average Bonchev–Trinajstić information content (AvgIpc) is 3.49. The van der Waals surface area contributed by atoms with Crippen molar-refractivity contribution in [1.29, 1.82) is 0 Å². The lowest BCUT2D eigenvalue weighted by Crippen LogP contribution is -2.58. The van der Waals surface area contributed by atoms with Crippen molar-refractivity contribution in [2.45, 2.75) is 76.3 Å². The lowest BCUT2D eigenvalue weighted by molar-refractivity contribution is -0.165. The van der Waals surface area contributed by atoms with Crippen LogP contribution in [0.1, 0.15) is 56.1 Å². The number of likely N-dealkylation sites (tertiary alicyclic amines) is 1. The van der Waals surface area contributed by atoms with Gasteiger partial charge in [-0.1, -0.05) is 54.6 Å². The number of aromatic nitrogens is 1. The summed E-state index contributed by atoms with van der Waals surface area (Å²) in [6.07, 6.45) is -1.36. The van der Waals surface area contributed by atoms with E-state index in [1.165, 1.54) is 11.0 Å². The summed E-state index contributed by atoms with van der Waals surface area (Å²) in [5, 5.41) is 17.3. The standard InChI is InChI=1S/C33H39N5O7/c1-33(2,3)45-32(44)26-14-9-17-38(26)31(43)28(40)24(18-20-10-5-4-6-11-20)36-30(42)25(19-27(34)39)37-29(41)23-16-15-21-12-7-8-13-22(21)35-23/h4-8,10-13,15-16,24-26,28,40H,9,14,17-19H2,1-3H3,(H2,34,39)(H,36,42)(H,37,41)/t24?,25-,26-,28?/m0/s1. The normalized spacial score (nSPS) is 16.8. The fraction of sp³-hybridized carbons (Fsp3) is 0.394. The van der Waals surface area contributed by atoms with Gasteiger partial charge in [0.05, 0.1) is 18.0 Å². The van der Waals surface area contributed by atoms with E-state index >= 15 is 0 Å². The van der Waals surface area contributed by atoms with Crippen molar-refractivity contribution < 1.29 is 33.8 Å². The Labute approximate surface area is 261 Å². The molecule has 1 saturated heterocycles.